The fourth-order valence-corrected chi connectivity index (χ4v) is 2.37. The zero-order chi connectivity index (χ0) is 13.8. The number of carboxylic acid groups (broad SMARTS) is 1. The van der Waals surface area contributed by atoms with Crippen LogP contribution in [0.4, 0.5) is 0 Å². The van der Waals surface area contributed by atoms with Crippen molar-refractivity contribution in [3.8, 4) is 5.75 Å². The highest BCUT2D eigenvalue weighted by molar-refractivity contribution is 5.74. The predicted octanol–water partition coefficient (Wildman–Crippen LogP) is 0.894. The Morgan fingerprint density at radius 3 is 2.89 bits per heavy atom. The molecule has 1 aromatic carbocycles. The van der Waals surface area contributed by atoms with E-state index in [2.05, 4.69) is 0 Å². The van der Waals surface area contributed by atoms with Crippen LogP contribution in [0.1, 0.15) is 12.0 Å². The van der Waals surface area contributed by atoms with Gasteiger partial charge in [0.1, 0.15) is 18.4 Å². The Bertz CT molecular complexity index is 449. The summed E-state index contributed by atoms with van der Waals surface area (Å²) < 4.78 is 5.65. The highest BCUT2D eigenvalue weighted by Crippen LogP contribution is 2.19. The Hall–Kier alpha value is -1.59. The topological polar surface area (TPSA) is 70.0 Å². The smallest absolute Gasteiger partial charge is 0.321 e. The highest BCUT2D eigenvalue weighted by atomic mass is 16.5. The molecule has 104 valence electrons. The number of carboxylic acids is 1. The molecule has 0 radical (unpaired) electrons. The first-order valence-corrected chi connectivity index (χ1v) is 6.41. The second-order valence-corrected chi connectivity index (χ2v) is 4.85. The summed E-state index contributed by atoms with van der Waals surface area (Å²) in [4.78, 5) is 12.8. The van der Waals surface area contributed by atoms with E-state index in [0.717, 1.165) is 11.3 Å². The molecule has 0 aliphatic carbocycles. The van der Waals surface area contributed by atoms with Gasteiger partial charge in [-0.1, -0.05) is 18.2 Å². The van der Waals surface area contributed by atoms with Crippen molar-refractivity contribution in [2.45, 2.75) is 25.5 Å². The summed E-state index contributed by atoms with van der Waals surface area (Å²) in [6, 6.07) is 7.11. The van der Waals surface area contributed by atoms with E-state index in [1.165, 1.54) is 0 Å². The summed E-state index contributed by atoms with van der Waals surface area (Å²) in [6.45, 7) is 3.28. The van der Waals surface area contributed by atoms with E-state index in [1.807, 2.05) is 31.2 Å². The van der Waals surface area contributed by atoms with Gasteiger partial charge in [0.15, 0.2) is 0 Å². The molecule has 0 amide bonds. The van der Waals surface area contributed by atoms with E-state index in [-0.39, 0.29) is 0 Å². The molecule has 0 aromatic heterocycles. The standard InChI is InChI=1S/C14H19NO4/c1-10-4-2-3-5-13(10)19-7-6-15-9-11(16)8-12(15)14(17)18/h2-5,11-12,16H,6-9H2,1H3,(H,17,18). The van der Waals surface area contributed by atoms with Gasteiger partial charge in [-0.25, -0.2) is 0 Å². The quantitative estimate of drug-likeness (QED) is 0.827. The predicted molar refractivity (Wildman–Crippen MR) is 70.3 cm³/mol. The van der Waals surface area contributed by atoms with Crippen molar-refractivity contribution in [2.75, 3.05) is 19.7 Å². The number of carbonyl (C=O) groups is 1. The van der Waals surface area contributed by atoms with Crippen LogP contribution in [0.2, 0.25) is 0 Å². The Balaban J connectivity index is 1.85. The van der Waals surface area contributed by atoms with Crippen LogP contribution in [0.25, 0.3) is 0 Å². The van der Waals surface area contributed by atoms with Gasteiger partial charge >= 0.3 is 5.97 Å². The summed E-state index contributed by atoms with van der Waals surface area (Å²) in [7, 11) is 0. The van der Waals surface area contributed by atoms with Crippen LogP contribution >= 0.6 is 0 Å². The minimum Gasteiger partial charge on any atom is -0.492 e. The molecule has 5 heteroatoms. The number of benzene rings is 1. The molecule has 2 N–H and O–H groups in total. The lowest BCUT2D eigenvalue weighted by atomic mass is 10.2. The fraction of sp³-hybridized carbons (Fsp3) is 0.500. The Labute approximate surface area is 112 Å². The van der Waals surface area contributed by atoms with E-state index in [4.69, 9.17) is 9.84 Å². The van der Waals surface area contributed by atoms with Crippen molar-refractivity contribution in [1.82, 2.24) is 4.90 Å². The molecule has 1 heterocycles. The molecule has 5 nitrogen and oxygen atoms in total. The molecule has 0 spiro atoms. The third kappa shape index (κ3) is 3.45. The van der Waals surface area contributed by atoms with Crippen LogP contribution in [-0.2, 0) is 4.79 Å². The molecule has 1 aliphatic heterocycles. The lowest BCUT2D eigenvalue weighted by molar-refractivity contribution is -0.142. The number of β-amino-alcohol motifs (C(OH)–C–C–N with tert-alkyl or cyclic N) is 1. The van der Waals surface area contributed by atoms with Crippen LogP contribution < -0.4 is 4.74 Å². The normalized spacial score (nSPS) is 23.5. The van der Waals surface area contributed by atoms with Crippen molar-refractivity contribution in [3.05, 3.63) is 29.8 Å². The van der Waals surface area contributed by atoms with Crippen LogP contribution in [0.3, 0.4) is 0 Å². The van der Waals surface area contributed by atoms with Gasteiger partial charge in [0, 0.05) is 19.5 Å². The molecule has 19 heavy (non-hydrogen) atoms. The summed E-state index contributed by atoms with van der Waals surface area (Å²) in [5, 5.41) is 18.6. The maximum absolute atomic E-state index is 11.1. The van der Waals surface area contributed by atoms with Gasteiger partial charge in [-0.15, -0.1) is 0 Å². The molecule has 2 rings (SSSR count). The highest BCUT2D eigenvalue weighted by Gasteiger charge is 2.35. The average molecular weight is 265 g/mol. The van der Waals surface area contributed by atoms with Crippen molar-refractivity contribution in [2.24, 2.45) is 0 Å². The first kappa shape index (κ1) is 13.8. The molecular weight excluding hydrogens is 246 g/mol. The average Bonchev–Trinajstić information content (AvgIpc) is 2.73. The number of aliphatic carboxylic acids is 1. The summed E-state index contributed by atoms with van der Waals surface area (Å²) in [5.74, 6) is -0.0680. The number of rotatable bonds is 5. The maximum atomic E-state index is 11.1. The zero-order valence-electron chi connectivity index (χ0n) is 11.0. The van der Waals surface area contributed by atoms with Crippen molar-refractivity contribution >= 4 is 5.97 Å². The van der Waals surface area contributed by atoms with Crippen molar-refractivity contribution < 1.29 is 19.7 Å². The van der Waals surface area contributed by atoms with Gasteiger partial charge in [0.25, 0.3) is 0 Å². The van der Waals surface area contributed by atoms with Crippen LogP contribution in [0.5, 0.6) is 5.75 Å². The SMILES string of the molecule is Cc1ccccc1OCCN1CC(O)CC1C(=O)O. The second kappa shape index (κ2) is 6.04. The maximum Gasteiger partial charge on any atom is 0.321 e. The van der Waals surface area contributed by atoms with Crippen LogP contribution in [0, 0.1) is 6.92 Å². The first-order valence-electron chi connectivity index (χ1n) is 6.41. The molecule has 1 saturated heterocycles. The van der Waals surface area contributed by atoms with Gasteiger partial charge in [0.05, 0.1) is 6.10 Å². The molecule has 2 atom stereocenters. The number of nitrogens with zero attached hydrogens (tertiary/aromatic N) is 1. The number of para-hydroxylation sites is 1. The zero-order valence-corrected chi connectivity index (χ0v) is 11.0. The Morgan fingerprint density at radius 1 is 1.47 bits per heavy atom. The van der Waals surface area contributed by atoms with Crippen LogP contribution in [0.15, 0.2) is 24.3 Å². The van der Waals surface area contributed by atoms with Gasteiger partial charge in [-0.2, -0.15) is 0 Å². The fourth-order valence-electron chi connectivity index (χ4n) is 2.37. The minimum absolute atomic E-state index is 0.291. The summed E-state index contributed by atoms with van der Waals surface area (Å²) in [5.41, 5.74) is 1.05. The number of likely N-dealkylation sites (tertiary alicyclic amines) is 1. The number of hydrogen-bond acceptors (Lipinski definition) is 4. The number of aryl methyl sites for hydroxylation is 1. The number of hydrogen-bond donors (Lipinski definition) is 2. The van der Waals surface area contributed by atoms with Crippen molar-refractivity contribution in [1.29, 1.82) is 0 Å². The molecular formula is C14H19NO4. The Morgan fingerprint density at radius 2 is 2.21 bits per heavy atom. The lowest BCUT2D eigenvalue weighted by Gasteiger charge is -2.20. The lowest BCUT2D eigenvalue weighted by Crippen LogP contribution is -2.38. The van der Waals surface area contributed by atoms with Crippen LogP contribution in [-0.4, -0.2) is 52.9 Å². The molecule has 1 aromatic rings. The van der Waals surface area contributed by atoms with E-state index >= 15 is 0 Å². The van der Waals surface area contributed by atoms with Gasteiger partial charge < -0.3 is 14.9 Å². The molecule has 2 unspecified atom stereocenters. The summed E-state index contributed by atoms with van der Waals surface area (Å²) >= 11 is 0. The molecule has 0 saturated carbocycles. The van der Waals surface area contributed by atoms with E-state index in [9.17, 15) is 9.90 Å². The van der Waals surface area contributed by atoms with Gasteiger partial charge in [-0.05, 0) is 18.6 Å². The minimum atomic E-state index is -0.882. The second-order valence-electron chi connectivity index (χ2n) is 4.85. The van der Waals surface area contributed by atoms with Gasteiger partial charge in [-0.3, -0.25) is 9.69 Å². The monoisotopic (exact) mass is 265 g/mol. The number of aliphatic hydroxyl groups excluding tert-OH is 1. The summed E-state index contributed by atoms with van der Waals surface area (Å²) in [6.07, 6.45) is -0.265. The van der Waals surface area contributed by atoms with E-state index in [1.54, 1.807) is 4.90 Å². The first-order chi connectivity index (χ1) is 9.08. The largest absolute Gasteiger partial charge is 0.492 e. The number of ether oxygens (including phenoxy) is 1. The molecule has 0 bridgehead atoms. The van der Waals surface area contributed by atoms with E-state index < -0.39 is 18.1 Å². The number of aliphatic hydroxyl groups is 1. The van der Waals surface area contributed by atoms with E-state index in [0.29, 0.717) is 26.1 Å². The van der Waals surface area contributed by atoms with Gasteiger partial charge in [0.2, 0.25) is 0 Å². The molecule has 1 aliphatic rings. The van der Waals surface area contributed by atoms with Crippen molar-refractivity contribution in [3.63, 3.8) is 0 Å². The third-order valence-electron chi connectivity index (χ3n) is 3.40. The Kier molecular flexibility index (Phi) is 4.39. The molecule has 1 fully saturated rings. The third-order valence-corrected chi connectivity index (χ3v) is 3.40.